The Morgan fingerprint density at radius 3 is 2.85 bits per heavy atom. The molecule has 0 amide bonds. The number of phenols is 1. The lowest BCUT2D eigenvalue weighted by Crippen LogP contribution is -1.87. The summed E-state index contributed by atoms with van der Waals surface area (Å²) in [5, 5.41) is 13.6. The Kier molecular flexibility index (Phi) is 3.00. The Morgan fingerprint density at radius 1 is 1.25 bits per heavy atom. The van der Waals surface area contributed by atoms with Crippen molar-refractivity contribution in [3.8, 4) is 34.5 Å². The molecule has 1 N–H and O–H groups in total. The summed E-state index contributed by atoms with van der Waals surface area (Å²) >= 11 is 0. The molecule has 0 spiro atoms. The van der Waals surface area contributed by atoms with E-state index in [9.17, 15) is 5.11 Å². The van der Waals surface area contributed by atoms with Crippen molar-refractivity contribution in [1.82, 2.24) is 20.1 Å². The monoisotopic (exact) mass is 270 g/mol. The average Bonchev–Trinajstić information content (AvgIpc) is 2.98. The smallest absolute Gasteiger partial charge is 0.258 e. The van der Waals surface area contributed by atoms with Crippen LogP contribution in [0.1, 0.15) is 0 Å². The number of aromatic hydroxyl groups is 1. The third-order valence-corrected chi connectivity index (χ3v) is 2.64. The van der Waals surface area contributed by atoms with Crippen LogP contribution < -0.4 is 4.74 Å². The van der Waals surface area contributed by atoms with Gasteiger partial charge in [0.25, 0.3) is 5.89 Å². The standard InChI is InChI=1S/C13H10N4O3/c1-19-11-3-2-8(6-10(11)18)13-16-12(17-20-13)9-7-14-4-5-15-9/h2-7,18H,1H3. The summed E-state index contributed by atoms with van der Waals surface area (Å²) in [7, 11) is 1.48. The Labute approximate surface area is 113 Å². The third kappa shape index (κ3) is 2.16. The summed E-state index contributed by atoms with van der Waals surface area (Å²) in [4.78, 5) is 12.2. The van der Waals surface area contributed by atoms with Crippen LogP contribution in [0.5, 0.6) is 11.5 Å². The summed E-state index contributed by atoms with van der Waals surface area (Å²) in [5.41, 5.74) is 1.10. The SMILES string of the molecule is COc1ccc(-c2nc(-c3cnccn3)no2)cc1O. The molecule has 0 bridgehead atoms. The first-order valence-electron chi connectivity index (χ1n) is 5.75. The fraction of sp³-hybridized carbons (Fsp3) is 0.0769. The van der Waals surface area contributed by atoms with Gasteiger partial charge in [0, 0.05) is 18.0 Å². The van der Waals surface area contributed by atoms with Crippen molar-refractivity contribution < 1.29 is 14.4 Å². The zero-order valence-electron chi connectivity index (χ0n) is 10.5. The molecule has 0 aliphatic rings. The van der Waals surface area contributed by atoms with E-state index in [0.29, 0.717) is 22.8 Å². The topological polar surface area (TPSA) is 94.2 Å². The minimum absolute atomic E-state index is 0.00394. The van der Waals surface area contributed by atoms with Gasteiger partial charge in [-0.25, -0.2) is 4.98 Å². The van der Waals surface area contributed by atoms with Crippen molar-refractivity contribution in [1.29, 1.82) is 0 Å². The van der Waals surface area contributed by atoms with Gasteiger partial charge in [-0.3, -0.25) is 4.98 Å². The van der Waals surface area contributed by atoms with Crippen LogP contribution in [0.2, 0.25) is 0 Å². The van der Waals surface area contributed by atoms with Crippen LogP contribution in [-0.4, -0.2) is 32.3 Å². The number of benzene rings is 1. The van der Waals surface area contributed by atoms with Crippen LogP contribution in [0.25, 0.3) is 23.0 Å². The number of hydrogen-bond acceptors (Lipinski definition) is 7. The molecule has 20 heavy (non-hydrogen) atoms. The molecule has 0 saturated heterocycles. The van der Waals surface area contributed by atoms with Gasteiger partial charge < -0.3 is 14.4 Å². The van der Waals surface area contributed by atoms with Crippen molar-refractivity contribution >= 4 is 0 Å². The molecule has 2 heterocycles. The molecule has 0 radical (unpaired) electrons. The van der Waals surface area contributed by atoms with Gasteiger partial charge in [0.15, 0.2) is 11.5 Å². The molecule has 1 aromatic carbocycles. The first-order chi connectivity index (χ1) is 9.78. The van der Waals surface area contributed by atoms with E-state index in [-0.39, 0.29) is 11.6 Å². The summed E-state index contributed by atoms with van der Waals surface area (Å²) in [6.07, 6.45) is 4.65. The Hall–Kier alpha value is -2.96. The maximum absolute atomic E-state index is 9.74. The lowest BCUT2D eigenvalue weighted by Gasteiger charge is -2.03. The maximum Gasteiger partial charge on any atom is 0.258 e. The van der Waals surface area contributed by atoms with E-state index in [4.69, 9.17) is 9.26 Å². The molecule has 0 saturated carbocycles. The molecular formula is C13H10N4O3. The second kappa shape index (κ2) is 4.96. The largest absolute Gasteiger partial charge is 0.504 e. The molecule has 0 atom stereocenters. The molecule has 7 nitrogen and oxygen atoms in total. The number of aromatic nitrogens is 4. The van der Waals surface area contributed by atoms with Crippen molar-refractivity contribution in [3.63, 3.8) is 0 Å². The van der Waals surface area contributed by atoms with E-state index in [0.717, 1.165) is 0 Å². The molecule has 0 unspecified atom stereocenters. The number of hydrogen-bond donors (Lipinski definition) is 1. The van der Waals surface area contributed by atoms with Gasteiger partial charge in [0.2, 0.25) is 5.82 Å². The van der Waals surface area contributed by atoms with Crippen molar-refractivity contribution in [2.45, 2.75) is 0 Å². The predicted octanol–water partition coefficient (Wildman–Crippen LogP) is 1.91. The fourth-order valence-corrected chi connectivity index (χ4v) is 1.68. The molecule has 0 aliphatic carbocycles. The molecule has 0 fully saturated rings. The van der Waals surface area contributed by atoms with E-state index in [1.54, 1.807) is 30.7 Å². The Bertz CT molecular complexity index is 727. The molecule has 2 aromatic heterocycles. The van der Waals surface area contributed by atoms with E-state index in [2.05, 4.69) is 20.1 Å². The second-order valence-electron chi connectivity index (χ2n) is 3.90. The summed E-state index contributed by atoms with van der Waals surface area (Å²) in [5.74, 6) is 0.999. The predicted molar refractivity (Wildman–Crippen MR) is 69.0 cm³/mol. The van der Waals surface area contributed by atoms with Crippen LogP contribution >= 0.6 is 0 Å². The number of nitrogens with zero attached hydrogens (tertiary/aromatic N) is 4. The van der Waals surface area contributed by atoms with Gasteiger partial charge in [-0.2, -0.15) is 4.98 Å². The highest BCUT2D eigenvalue weighted by molar-refractivity contribution is 5.61. The van der Waals surface area contributed by atoms with Gasteiger partial charge in [0.1, 0.15) is 5.69 Å². The molecular weight excluding hydrogens is 260 g/mol. The fourth-order valence-electron chi connectivity index (χ4n) is 1.68. The zero-order valence-corrected chi connectivity index (χ0v) is 10.5. The summed E-state index contributed by atoms with van der Waals surface area (Å²) < 4.78 is 10.1. The quantitative estimate of drug-likeness (QED) is 0.776. The second-order valence-corrected chi connectivity index (χ2v) is 3.90. The van der Waals surface area contributed by atoms with E-state index in [1.165, 1.54) is 13.2 Å². The van der Waals surface area contributed by atoms with Crippen LogP contribution in [0.4, 0.5) is 0 Å². The zero-order chi connectivity index (χ0) is 13.9. The first kappa shape index (κ1) is 12.1. The number of phenolic OH excluding ortho intramolecular Hbond substituents is 1. The minimum atomic E-state index is 0.00394. The van der Waals surface area contributed by atoms with Crippen LogP contribution in [0.3, 0.4) is 0 Å². The molecule has 100 valence electrons. The van der Waals surface area contributed by atoms with E-state index >= 15 is 0 Å². The first-order valence-corrected chi connectivity index (χ1v) is 5.75. The Balaban J connectivity index is 1.96. The highest BCUT2D eigenvalue weighted by Gasteiger charge is 2.13. The van der Waals surface area contributed by atoms with Crippen molar-refractivity contribution in [3.05, 3.63) is 36.8 Å². The normalized spacial score (nSPS) is 10.4. The summed E-state index contributed by atoms with van der Waals surface area (Å²) in [6, 6.07) is 4.83. The Morgan fingerprint density at radius 2 is 2.15 bits per heavy atom. The minimum Gasteiger partial charge on any atom is -0.504 e. The molecule has 0 aliphatic heterocycles. The number of ether oxygens (including phenoxy) is 1. The van der Waals surface area contributed by atoms with Gasteiger partial charge in [-0.1, -0.05) is 5.16 Å². The lowest BCUT2D eigenvalue weighted by atomic mass is 10.2. The maximum atomic E-state index is 9.74. The summed E-state index contributed by atoms with van der Waals surface area (Å²) in [6.45, 7) is 0. The lowest BCUT2D eigenvalue weighted by molar-refractivity contribution is 0.373. The van der Waals surface area contributed by atoms with Crippen LogP contribution in [-0.2, 0) is 0 Å². The van der Waals surface area contributed by atoms with Gasteiger partial charge >= 0.3 is 0 Å². The molecule has 3 rings (SSSR count). The van der Waals surface area contributed by atoms with Gasteiger partial charge in [-0.15, -0.1) is 0 Å². The van der Waals surface area contributed by atoms with Crippen LogP contribution in [0, 0.1) is 0 Å². The van der Waals surface area contributed by atoms with Crippen LogP contribution in [0.15, 0.2) is 41.3 Å². The highest BCUT2D eigenvalue weighted by atomic mass is 16.5. The van der Waals surface area contributed by atoms with Crippen molar-refractivity contribution in [2.75, 3.05) is 7.11 Å². The van der Waals surface area contributed by atoms with E-state index in [1.807, 2.05) is 0 Å². The van der Waals surface area contributed by atoms with Gasteiger partial charge in [-0.05, 0) is 18.2 Å². The molecule has 3 aromatic rings. The number of rotatable bonds is 3. The van der Waals surface area contributed by atoms with Crippen molar-refractivity contribution in [2.24, 2.45) is 0 Å². The van der Waals surface area contributed by atoms with E-state index < -0.39 is 0 Å². The van der Waals surface area contributed by atoms with Gasteiger partial charge in [0.05, 0.1) is 13.3 Å². The third-order valence-electron chi connectivity index (χ3n) is 2.64. The molecule has 7 heteroatoms. The number of methoxy groups -OCH3 is 1. The highest BCUT2D eigenvalue weighted by Crippen LogP contribution is 2.31. The average molecular weight is 270 g/mol.